The van der Waals surface area contributed by atoms with Crippen molar-refractivity contribution in [2.24, 2.45) is 0 Å². The van der Waals surface area contributed by atoms with Gasteiger partial charge < -0.3 is 10.2 Å². The molecule has 1 aliphatic rings. The van der Waals surface area contributed by atoms with Gasteiger partial charge in [-0.05, 0) is 49.6 Å². The summed E-state index contributed by atoms with van der Waals surface area (Å²) in [6, 6.07) is 13.2. The Labute approximate surface area is 146 Å². The first kappa shape index (κ1) is 16.4. The van der Waals surface area contributed by atoms with Crippen LogP contribution in [0, 0.1) is 18.3 Å². The number of nitrogens with one attached hydrogen (secondary N) is 1. The largest absolute Gasteiger partial charge is 0.362 e. The SMILES string of the molecule is Cc1ccc2c(c1)CCCN2CC(=O)Nc1cc(Cl)ccc1C#N. The van der Waals surface area contributed by atoms with Gasteiger partial charge in [-0.1, -0.05) is 29.3 Å². The van der Waals surface area contributed by atoms with Crippen molar-refractivity contribution in [1.29, 1.82) is 5.26 Å². The highest BCUT2D eigenvalue weighted by molar-refractivity contribution is 6.31. The quantitative estimate of drug-likeness (QED) is 0.922. The first-order chi connectivity index (χ1) is 11.6. The molecule has 0 aliphatic carbocycles. The van der Waals surface area contributed by atoms with Crippen molar-refractivity contribution >= 4 is 28.9 Å². The second-order valence-electron chi connectivity index (χ2n) is 6.01. The van der Waals surface area contributed by atoms with Gasteiger partial charge in [0.2, 0.25) is 5.91 Å². The summed E-state index contributed by atoms with van der Waals surface area (Å²) in [4.78, 5) is 14.5. The second-order valence-corrected chi connectivity index (χ2v) is 6.44. The van der Waals surface area contributed by atoms with E-state index in [1.807, 2.05) is 0 Å². The van der Waals surface area contributed by atoms with Crippen LogP contribution in [0.25, 0.3) is 0 Å². The molecule has 0 saturated carbocycles. The minimum atomic E-state index is -0.151. The lowest BCUT2D eigenvalue weighted by atomic mass is 9.99. The zero-order chi connectivity index (χ0) is 17.1. The predicted molar refractivity (Wildman–Crippen MR) is 96.5 cm³/mol. The Morgan fingerprint density at radius 2 is 2.17 bits per heavy atom. The number of aryl methyl sites for hydroxylation is 2. The Bertz CT molecular complexity index is 826. The molecule has 1 heterocycles. The molecule has 0 spiro atoms. The van der Waals surface area contributed by atoms with E-state index >= 15 is 0 Å². The molecule has 0 aromatic heterocycles. The van der Waals surface area contributed by atoms with Crippen molar-refractivity contribution in [3.63, 3.8) is 0 Å². The number of carbonyl (C=O) groups is 1. The molecular formula is C19H18ClN3O. The Balaban J connectivity index is 1.75. The van der Waals surface area contributed by atoms with E-state index in [4.69, 9.17) is 16.9 Å². The summed E-state index contributed by atoms with van der Waals surface area (Å²) in [5.74, 6) is -0.151. The Morgan fingerprint density at radius 3 is 2.96 bits per heavy atom. The van der Waals surface area contributed by atoms with Crippen molar-refractivity contribution in [2.45, 2.75) is 19.8 Å². The standard InChI is InChI=1S/C19H18ClN3O/c1-13-4-7-18-14(9-13)3-2-8-23(18)12-19(24)22-17-10-16(20)6-5-15(17)11-21/h4-7,9-10H,2-3,8,12H2,1H3,(H,22,24). The van der Waals surface area contributed by atoms with Crippen LogP contribution in [0.4, 0.5) is 11.4 Å². The zero-order valence-corrected chi connectivity index (χ0v) is 14.2. The highest BCUT2D eigenvalue weighted by atomic mass is 35.5. The molecule has 5 heteroatoms. The van der Waals surface area contributed by atoms with Gasteiger partial charge in [0, 0.05) is 17.3 Å². The second kappa shape index (κ2) is 6.94. The average Bonchev–Trinajstić information content (AvgIpc) is 2.55. The van der Waals surface area contributed by atoms with Gasteiger partial charge in [-0.15, -0.1) is 0 Å². The van der Waals surface area contributed by atoms with Gasteiger partial charge in [0.25, 0.3) is 0 Å². The maximum atomic E-state index is 12.4. The van der Waals surface area contributed by atoms with Crippen molar-refractivity contribution in [3.8, 4) is 6.07 Å². The number of anilines is 2. The van der Waals surface area contributed by atoms with Gasteiger partial charge in [0.15, 0.2) is 0 Å². The molecule has 1 aliphatic heterocycles. The molecule has 2 aromatic carbocycles. The first-order valence-electron chi connectivity index (χ1n) is 7.91. The number of nitriles is 1. The van der Waals surface area contributed by atoms with E-state index in [1.54, 1.807) is 18.2 Å². The summed E-state index contributed by atoms with van der Waals surface area (Å²) in [5, 5.41) is 12.4. The molecule has 2 aromatic rings. The van der Waals surface area contributed by atoms with Gasteiger partial charge in [-0.3, -0.25) is 4.79 Å². The lowest BCUT2D eigenvalue weighted by Gasteiger charge is -2.31. The van der Waals surface area contributed by atoms with Gasteiger partial charge >= 0.3 is 0 Å². The van der Waals surface area contributed by atoms with Gasteiger partial charge in [-0.25, -0.2) is 0 Å². The molecule has 24 heavy (non-hydrogen) atoms. The fourth-order valence-corrected chi connectivity index (χ4v) is 3.22. The lowest BCUT2D eigenvalue weighted by Crippen LogP contribution is -2.36. The molecule has 0 fully saturated rings. The summed E-state index contributed by atoms with van der Waals surface area (Å²) in [6.07, 6.45) is 2.08. The predicted octanol–water partition coefficient (Wildman–Crippen LogP) is 3.91. The third kappa shape index (κ3) is 3.52. The van der Waals surface area contributed by atoms with E-state index in [1.165, 1.54) is 11.1 Å². The van der Waals surface area contributed by atoms with E-state index < -0.39 is 0 Å². The van der Waals surface area contributed by atoms with Crippen LogP contribution in [-0.4, -0.2) is 19.0 Å². The molecular weight excluding hydrogens is 322 g/mol. The third-order valence-corrected chi connectivity index (χ3v) is 4.40. The molecule has 4 nitrogen and oxygen atoms in total. The van der Waals surface area contributed by atoms with Crippen LogP contribution in [0.15, 0.2) is 36.4 Å². The normalized spacial score (nSPS) is 13.1. The van der Waals surface area contributed by atoms with Crippen LogP contribution >= 0.6 is 11.6 Å². The number of fused-ring (bicyclic) bond motifs is 1. The number of hydrogen-bond acceptors (Lipinski definition) is 3. The van der Waals surface area contributed by atoms with Crippen LogP contribution in [0.1, 0.15) is 23.1 Å². The minimum Gasteiger partial charge on any atom is -0.362 e. The van der Waals surface area contributed by atoms with E-state index in [9.17, 15) is 4.79 Å². The summed E-state index contributed by atoms with van der Waals surface area (Å²) < 4.78 is 0. The van der Waals surface area contributed by atoms with Gasteiger partial charge in [-0.2, -0.15) is 5.26 Å². The number of benzene rings is 2. The van der Waals surface area contributed by atoms with Crippen molar-refractivity contribution in [1.82, 2.24) is 0 Å². The number of nitrogens with zero attached hydrogens (tertiary/aromatic N) is 2. The van der Waals surface area contributed by atoms with E-state index in [0.29, 0.717) is 16.3 Å². The van der Waals surface area contributed by atoms with Crippen molar-refractivity contribution in [3.05, 3.63) is 58.1 Å². The van der Waals surface area contributed by atoms with E-state index in [-0.39, 0.29) is 12.5 Å². The maximum Gasteiger partial charge on any atom is 0.243 e. The summed E-state index contributed by atoms with van der Waals surface area (Å²) in [5.41, 5.74) is 4.50. The van der Waals surface area contributed by atoms with Crippen LogP contribution < -0.4 is 10.2 Å². The summed E-state index contributed by atoms with van der Waals surface area (Å²) >= 11 is 5.96. The maximum absolute atomic E-state index is 12.4. The number of halogens is 1. The van der Waals surface area contributed by atoms with Crippen LogP contribution in [0.5, 0.6) is 0 Å². The first-order valence-corrected chi connectivity index (χ1v) is 8.28. The zero-order valence-electron chi connectivity index (χ0n) is 13.5. The van der Waals surface area contributed by atoms with Crippen molar-refractivity contribution < 1.29 is 4.79 Å². The van der Waals surface area contributed by atoms with E-state index in [2.05, 4.69) is 41.4 Å². The lowest BCUT2D eigenvalue weighted by molar-refractivity contribution is -0.115. The molecule has 1 N–H and O–H groups in total. The Hall–Kier alpha value is -2.51. The molecule has 1 amide bonds. The third-order valence-electron chi connectivity index (χ3n) is 4.16. The smallest absolute Gasteiger partial charge is 0.243 e. The monoisotopic (exact) mass is 339 g/mol. The number of carbonyl (C=O) groups excluding carboxylic acids is 1. The van der Waals surface area contributed by atoms with Crippen LogP contribution in [0.2, 0.25) is 5.02 Å². The number of rotatable bonds is 3. The van der Waals surface area contributed by atoms with Crippen LogP contribution in [0.3, 0.4) is 0 Å². The molecule has 122 valence electrons. The molecule has 0 radical (unpaired) electrons. The highest BCUT2D eigenvalue weighted by Crippen LogP contribution is 2.28. The molecule has 0 unspecified atom stereocenters. The molecule has 0 saturated heterocycles. The minimum absolute atomic E-state index is 0.151. The topological polar surface area (TPSA) is 56.1 Å². The van der Waals surface area contributed by atoms with Crippen molar-refractivity contribution in [2.75, 3.05) is 23.3 Å². The molecule has 0 bridgehead atoms. The summed E-state index contributed by atoms with van der Waals surface area (Å²) in [7, 11) is 0. The molecule has 3 rings (SSSR count). The fraction of sp³-hybridized carbons (Fsp3) is 0.263. The van der Waals surface area contributed by atoms with Crippen LogP contribution in [-0.2, 0) is 11.2 Å². The Morgan fingerprint density at radius 1 is 1.33 bits per heavy atom. The molecule has 0 atom stereocenters. The average molecular weight is 340 g/mol. The highest BCUT2D eigenvalue weighted by Gasteiger charge is 2.19. The van der Waals surface area contributed by atoms with E-state index in [0.717, 1.165) is 25.1 Å². The number of amides is 1. The summed E-state index contributed by atoms with van der Waals surface area (Å²) in [6.45, 7) is 3.19. The van der Waals surface area contributed by atoms with Gasteiger partial charge in [0.1, 0.15) is 6.07 Å². The fourth-order valence-electron chi connectivity index (χ4n) is 3.05. The Kier molecular flexibility index (Phi) is 4.73. The number of hydrogen-bond donors (Lipinski definition) is 1. The van der Waals surface area contributed by atoms with Gasteiger partial charge in [0.05, 0.1) is 17.8 Å².